The lowest BCUT2D eigenvalue weighted by molar-refractivity contribution is -0.908. The minimum Gasteiger partial charge on any atom is -0.371 e. The van der Waals surface area contributed by atoms with Crippen molar-refractivity contribution in [1.82, 2.24) is 9.38 Å². The Morgan fingerprint density at radius 2 is 2.03 bits per heavy atom. The van der Waals surface area contributed by atoms with Crippen molar-refractivity contribution in [3.63, 3.8) is 0 Å². The number of nitrogens with zero attached hydrogens (tertiary/aromatic N) is 3. The molecule has 0 aliphatic carbocycles. The fourth-order valence-electron chi connectivity index (χ4n) is 4.56. The summed E-state index contributed by atoms with van der Waals surface area (Å²) in [6, 6.07) is 10.6. The SMILES string of the molecule is Cc1c(CCC(C)C)c(NCCC[NH+]2CCOCC2)n2c(nc3ccccc32)c1C#N. The van der Waals surface area contributed by atoms with Crippen LogP contribution in [-0.4, -0.2) is 48.8 Å². The highest BCUT2D eigenvalue weighted by atomic mass is 16.5. The second-order valence-corrected chi connectivity index (χ2v) is 9.02. The van der Waals surface area contributed by atoms with Gasteiger partial charge in [0.25, 0.3) is 0 Å². The predicted octanol–water partition coefficient (Wildman–Crippen LogP) is 2.97. The van der Waals surface area contributed by atoms with Gasteiger partial charge in [-0.25, -0.2) is 4.98 Å². The summed E-state index contributed by atoms with van der Waals surface area (Å²) in [7, 11) is 0. The van der Waals surface area contributed by atoms with E-state index >= 15 is 0 Å². The number of morpholine rings is 1. The highest BCUT2D eigenvalue weighted by Crippen LogP contribution is 2.32. The van der Waals surface area contributed by atoms with E-state index in [0.29, 0.717) is 11.5 Å². The number of rotatable bonds is 8. The number of nitriles is 1. The van der Waals surface area contributed by atoms with E-state index in [1.165, 1.54) is 5.56 Å². The molecular weight excluding hydrogens is 386 g/mol. The number of quaternary nitrogens is 1. The van der Waals surface area contributed by atoms with Gasteiger partial charge in [-0.3, -0.25) is 4.40 Å². The monoisotopic (exact) mass is 420 g/mol. The zero-order chi connectivity index (χ0) is 21.8. The number of ether oxygens (including phenoxy) is 1. The van der Waals surface area contributed by atoms with Gasteiger partial charge in [-0.2, -0.15) is 5.26 Å². The minimum atomic E-state index is 0.609. The Labute approximate surface area is 184 Å². The minimum absolute atomic E-state index is 0.609. The van der Waals surface area contributed by atoms with Crippen molar-refractivity contribution in [1.29, 1.82) is 5.26 Å². The average molecular weight is 421 g/mol. The summed E-state index contributed by atoms with van der Waals surface area (Å²) in [6.07, 6.45) is 3.15. The van der Waals surface area contributed by atoms with Crippen molar-refractivity contribution in [2.75, 3.05) is 44.7 Å². The molecule has 1 fully saturated rings. The first-order valence-electron chi connectivity index (χ1n) is 11.6. The number of imidazole rings is 1. The highest BCUT2D eigenvalue weighted by Gasteiger charge is 2.21. The van der Waals surface area contributed by atoms with Gasteiger partial charge < -0.3 is 15.0 Å². The number of fused-ring (bicyclic) bond motifs is 3. The quantitative estimate of drug-likeness (QED) is 0.550. The summed E-state index contributed by atoms with van der Waals surface area (Å²) >= 11 is 0. The highest BCUT2D eigenvalue weighted by molar-refractivity contribution is 5.86. The average Bonchev–Trinajstić information content (AvgIpc) is 3.15. The molecule has 0 amide bonds. The van der Waals surface area contributed by atoms with Crippen molar-refractivity contribution in [2.24, 2.45) is 5.92 Å². The summed E-state index contributed by atoms with van der Waals surface area (Å²) in [6.45, 7) is 12.6. The topological polar surface area (TPSA) is 66.8 Å². The Balaban J connectivity index is 1.71. The van der Waals surface area contributed by atoms with E-state index in [2.05, 4.69) is 42.6 Å². The molecule has 0 atom stereocenters. The van der Waals surface area contributed by atoms with Gasteiger partial charge in [0.2, 0.25) is 0 Å². The third-order valence-electron chi connectivity index (χ3n) is 6.40. The van der Waals surface area contributed by atoms with Crippen LogP contribution in [0.2, 0.25) is 0 Å². The molecular formula is C25H34N5O+. The Bertz CT molecular complexity index is 1090. The summed E-state index contributed by atoms with van der Waals surface area (Å²) in [5.41, 5.74) is 5.75. The zero-order valence-corrected chi connectivity index (χ0v) is 19.0. The molecule has 3 heterocycles. The maximum absolute atomic E-state index is 9.96. The zero-order valence-electron chi connectivity index (χ0n) is 19.0. The number of pyridine rings is 1. The van der Waals surface area contributed by atoms with Gasteiger partial charge in [0.15, 0.2) is 5.65 Å². The summed E-state index contributed by atoms with van der Waals surface area (Å²) in [5.74, 6) is 1.72. The molecule has 0 unspecified atom stereocenters. The van der Waals surface area contributed by atoms with E-state index in [9.17, 15) is 5.26 Å². The molecule has 1 aliphatic heterocycles. The van der Waals surface area contributed by atoms with Crippen LogP contribution >= 0.6 is 0 Å². The largest absolute Gasteiger partial charge is 0.371 e. The van der Waals surface area contributed by atoms with Crippen LogP contribution in [0.1, 0.15) is 43.4 Å². The van der Waals surface area contributed by atoms with Crippen LogP contribution in [0.5, 0.6) is 0 Å². The number of para-hydroxylation sites is 2. The molecule has 0 saturated carbocycles. The van der Waals surface area contributed by atoms with Gasteiger partial charge in [0.05, 0.1) is 36.4 Å². The van der Waals surface area contributed by atoms with E-state index < -0.39 is 0 Å². The molecule has 0 radical (unpaired) electrons. The molecule has 164 valence electrons. The standard InChI is InChI=1S/C25H33N5O/c1-18(2)9-10-20-19(3)21(17-26)25-28-22-7-4-5-8-23(22)30(25)24(20)27-11-6-12-29-13-15-31-16-14-29/h4-5,7-8,18,27H,6,9-16H2,1-3H3/p+1. The number of benzene rings is 1. The molecule has 1 aliphatic rings. The van der Waals surface area contributed by atoms with Gasteiger partial charge in [-0.05, 0) is 48.9 Å². The molecule has 4 rings (SSSR count). The predicted molar refractivity (Wildman–Crippen MR) is 125 cm³/mol. The second kappa shape index (κ2) is 9.67. The van der Waals surface area contributed by atoms with Crippen LogP contribution in [0.25, 0.3) is 16.7 Å². The van der Waals surface area contributed by atoms with Crippen LogP contribution in [0.3, 0.4) is 0 Å². The second-order valence-electron chi connectivity index (χ2n) is 9.02. The molecule has 31 heavy (non-hydrogen) atoms. The van der Waals surface area contributed by atoms with Crippen LogP contribution < -0.4 is 10.2 Å². The van der Waals surface area contributed by atoms with E-state index in [-0.39, 0.29) is 0 Å². The lowest BCUT2D eigenvalue weighted by Gasteiger charge is -2.24. The summed E-state index contributed by atoms with van der Waals surface area (Å²) in [5, 5.41) is 13.7. The lowest BCUT2D eigenvalue weighted by Crippen LogP contribution is -3.14. The first-order chi connectivity index (χ1) is 15.1. The molecule has 0 spiro atoms. The fourth-order valence-corrected chi connectivity index (χ4v) is 4.56. The van der Waals surface area contributed by atoms with Gasteiger partial charge in [0.1, 0.15) is 25.0 Å². The van der Waals surface area contributed by atoms with Crippen LogP contribution in [0.4, 0.5) is 5.82 Å². The number of hydrogen-bond donors (Lipinski definition) is 2. The van der Waals surface area contributed by atoms with E-state index in [4.69, 9.17) is 9.72 Å². The van der Waals surface area contributed by atoms with Gasteiger partial charge in [0, 0.05) is 13.0 Å². The third-order valence-corrected chi connectivity index (χ3v) is 6.40. The summed E-state index contributed by atoms with van der Waals surface area (Å²) < 4.78 is 7.66. The van der Waals surface area contributed by atoms with E-state index in [1.807, 2.05) is 18.2 Å². The third kappa shape index (κ3) is 4.53. The molecule has 1 aromatic carbocycles. The number of nitrogens with one attached hydrogen (secondary N) is 2. The number of anilines is 1. The van der Waals surface area contributed by atoms with Crippen molar-refractivity contribution < 1.29 is 9.64 Å². The first kappa shape index (κ1) is 21.6. The van der Waals surface area contributed by atoms with E-state index in [0.717, 1.165) is 86.7 Å². The normalized spacial score (nSPS) is 15.1. The Kier molecular flexibility index (Phi) is 6.74. The number of hydrogen-bond acceptors (Lipinski definition) is 4. The molecule has 6 nitrogen and oxygen atoms in total. The van der Waals surface area contributed by atoms with Gasteiger partial charge >= 0.3 is 0 Å². The molecule has 0 bridgehead atoms. The summed E-state index contributed by atoms with van der Waals surface area (Å²) in [4.78, 5) is 6.46. The van der Waals surface area contributed by atoms with Gasteiger partial charge in [-0.15, -0.1) is 0 Å². The molecule has 1 saturated heterocycles. The van der Waals surface area contributed by atoms with Crippen LogP contribution in [-0.2, 0) is 11.2 Å². The van der Waals surface area contributed by atoms with Crippen molar-refractivity contribution in [2.45, 2.75) is 40.0 Å². The first-order valence-corrected chi connectivity index (χ1v) is 11.6. The van der Waals surface area contributed by atoms with Crippen LogP contribution in [0, 0.1) is 24.2 Å². The molecule has 3 aromatic rings. The maximum atomic E-state index is 9.96. The molecule has 2 aromatic heterocycles. The Hall–Kier alpha value is -2.62. The van der Waals surface area contributed by atoms with Crippen molar-refractivity contribution in [3.8, 4) is 6.07 Å². The van der Waals surface area contributed by atoms with E-state index in [1.54, 1.807) is 4.90 Å². The van der Waals surface area contributed by atoms with Gasteiger partial charge in [-0.1, -0.05) is 26.0 Å². The molecule has 6 heteroatoms. The number of aromatic nitrogens is 2. The van der Waals surface area contributed by atoms with Crippen molar-refractivity contribution in [3.05, 3.63) is 41.0 Å². The fraction of sp³-hybridized carbons (Fsp3) is 0.520. The van der Waals surface area contributed by atoms with Crippen molar-refractivity contribution >= 4 is 22.5 Å². The maximum Gasteiger partial charge on any atom is 0.157 e. The van der Waals surface area contributed by atoms with Crippen LogP contribution in [0.15, 0.2) is 24.3 Å². The Morgan fingerprint density at radius 3 is 2.77 bits per heavy atom. The Morgan fingerprint density at radius 1 is 1.26 bits per heavy atom. The lowest BCUT2D eigenvalue weighted by atomic mass is 9.97. The molecule has 2 N–H and O–H groups in total. The smallest absolute Gasteiger partial charge is 0.157 e.